The molecule has 1 aromatic heterocycles. The van der Waals surface area contributed by atoms with Crippen molar-refractivity contribution >= 4 is 10.0 Å². The van der Waals surface area contributed by atoms with Gasteiger partial charge in [-0.2, -0.15) is 0 Å². The minimum absolute atomic E-state index is 0.106. The highest BCUT2D eigenvalue weighted by Crippen LogP contribution is 2.14. The molecule has 1 atom stereocenters. The molecule has 1 aliphatic heterocycles. The molecule has 2 N–H and O–H groups in total. The molecular weight excluding hydrogens is 264 g/mol. The van der Waals surface area contributed by atoms with Crippen LogP contribution in [0.5, 0.6) is 0 Å². The molecule has 1 aromatic rings. The lowest BCUT2D eigenvalue weighted by atomic mass is 9.96. The Labute approximate surface area is 114 Å². The van der Waals surface area contributed by atoms with Crippen LogP contribution < -0.4 is 10.0 Å². The van der Waals surface area contributed by atoms with Crippen molar-refractivity contribution in [3.63, 3.8) is 0 Å². The summed E-state index contributed by atoms with van der Waals surface area (Å²) in [5, 5.41) is 3.44. The summed E-state index contributed by atoms with van der Waals surface area (Å²) in [6, 6.07) is 0. The summed E-state index contributed by atoms with van der Waals surface area (Å²) in [6.45, 7) is 4.33. The quantitative estimate of drug-likeness (QED) is 0.821. The van der Waals surface area contributed by atoms with Crippen molar-refractivity contribution in [1.82, 2.24) is 19.6 Å². The fourth-order valence-electron chi connectivity index (χ4n) is 2.30. The first-order chi connectivity index (χ1) is 8.99. The largest absolute Gasteiger partial charge is 0.337 e. The SMILES string of the molecule is Cc1nc(S(=O)(=O)NCCC2CCCNC2)cn1C. The second-order valence-corrected chi connectivity index (χ2v) is 6.85. The Morgan fingerprint density at radius 1 is 1.58 bits per heavy atom. The molecule has 1 fully saturated rings. The Balaban J connectivity index is 1.87. The summed E-state index contributed by atoms with van der Waals surface area (Å²) in [5.74, 6) is 1.26. The minimum atomic E-state index is -3.47. The smallest absolute Gasteiger partial charge is 0.259 e. The molecule has 0 amide bonds. The van der Waals surface area contributed by atoms with Gasteiger partial charge in [0, 0.05) is 19.8 Å². The van der Waals surface area contributed by atoms with Crippen molar-refractivity contribution in [3.05, 3.63) is 12.0 Å². The molecule has 0 spiro atoms. The summed E-state index contributed by atoms with van der Waals surface area (Å²) in [6.07, 6.45) is 4.77. The van der Waals surface area contributed by atoms with E-state index in [2.05, 4.69) is 15.0 Å². The van der Waals surface area contributed by atoms with Crippen molar-refractivity contribution < 1.29 is 8.42 Å². The van der Waals surface area contributed by atoms with Gasteiger partial charge in [-0.15, -0.1) is 0 Å². The molecular formula is C12H22N4O2S. The number of nitrogens with one attached hydrogen (secondary N) is 2. The highest BCUT2D eigenvalue weighted by Gasteiger charge is 2.19. The van der Waals surface area contributed by atoms with Gasteiger partial charge in [-0.25, -0.2) is 18.1 Å². The molecule has 7 heteroatoms. The lowest BCUT2D eigenvalue weighted by molar-refractivity contribution is 0.358. The Morgan fingerprint density at radius 3 is 2.95 bits per heavy atom. The van der Waals surface area contributed by atoms with Crippen molar-refractivity contribution in [1.29, 1.82) is 0 Å². The first-order valence-corrected chi connectivity index (χ1v) is 8.18. The minimum Gasteiger partial charge on any atom is -0.337 e. The third kappa shape index (κ3) is 3.77. The van der Waals surface area contributed by atoms with Gasteiger partial charge in [0.25, 0.3) is 10.0 Å². The van der Waals surface area contributed by atoms with Gasteiger partial charge in [0.05, 0.1) is 0 Å². The molecule has 0 bridgehead atoms. The van der Waals surface area contributed by atoms with Gasteiger partial charge >= 0.3 is 0 Å². The molecule has 1 saturated heterocycles. The van der Waals surface area contributed by atoms with E-state index >= 15 is 0 Å². The first-order valence-electron chi connectivity index (χ1n) is 6.69. The number of sulfonamides is 1. The van der Waals surface area contributed by atoms with Crippen LogP contribution in [0.25, 0.3) is 0 Å². The summed E-state index contributed by atoms with van der Waals surface area (Å²) in [4.78, 5) is 4.05. The van der Waals surface area contributed by atoms with E-state index in [0.29, 0.717) is 18.3 Å². The monoisotopic (exact) mass is 286 g/mol. The Hall–Kier alpha value is -0.920. The van der Waals surface area contributed by atoms with Crippen molar-refractivity contribution in [3.8, 4) is 0 Å². The summed E-state index contributed by atoms with van der Waals surface area (Å²) >= 11 is 0. The fraction of sp³-hybridized carbons (Fsp3) is 0.750. The van der Waals surface area contributed by atoms with Crippen molar-refractivity contribution in [2.45, 2.75) is 31.2 Å². The highest BCUT2D eigenvalue weighted by atomic mass is 32.2. The normalized spacial score (nSPS) is 20.6. The lowest BCUT2D eigenvalue weighted by Crippen LogP contribution is -2.33. The second kappa shape index (κ2) is 6.02. The number of hydrogen-bond acceptors (Lipinski definition) is 4. The van der Waals surface area contributed by atoms with Gasteiger partial charge in [0.15, 0.2) is 5.03 Å². The second-order valence-electron chi connectivity index (χ2n) is 5.14. The molecule has 0 aliphatic carbocycles. The van der Waals surface area contributed by atoms with Crippen LogP contribution >= 0.6 is 0 Å². The average molecular weight is 286 g/mol. The van der Waals surface area contributed by atoms with E-state index in [-0.39, 0.29) is 5.03 Å². The standard InChI is InChI=1S/C12H22N4O2S/c1-10-15-12(9-16(10)2)19(17,18)14-7-5-11-4-3-6-13-8-11/h9,11,13-14H,3-8H2,1-2H3. The molecule has 19 heavy (non-hydrogen) atoms. The van der Waals surface area contributed by atoms with Crippen LogP contribution in [0.3, 0.4) is 0 Å². The Bertz CT molecular complexity index is 498. The predicted octanol–water partition coefficient (Wildman–Crippen LogP) is 0.397. The molecule has 0 aromatic carbocycles. The average Bonchev–Trinajstić information content (AvgIpc) is 2.72. The lowest BCUT2D eigenvalue weighted by Gasteiger charge is -2.22. The maximum Gasteiger partial charge on any atom is 0.259 e. The zero-order valence-electron chi connectivity index (χ0n) is 11.5. The molecule has 0 saturated carbocycles. The van der Waals surface area contributed by atoms with Gasteiger partial charge in [-0.05, 0) is 45.2 Å². The maximum absolute atomic E-state index is 12.0. The third-order valence-electron chi connectivity index (χ3n) is 3.61. The van der Waals surface area contributed by atoms with E-state index < -0.39 is 10.0 Å². The van der Waals surface area contributed by atoms with Crippen LogP contribution in [-0.4, -0.2) is 37.6 Å². The van der Waals surface area contributed by atoms with Crippen LogP contribution in [-0.2, 0) is 17.1 Å². The number of imidazole rings is 1. The molecule has 2 heterocycles. The number of hydrogen-bond donors (Lipinski definition) is 2. The Kier molecular flexibility index (Phi) is 4.59. The van der Waals surface area contributed by atoms with Crippen LogP contribution in [0.1, 0.15) is 25.1 Å². The molecule has 0 radical (unpaired) electrons. The molecule has 108 valence electrons. The number of aryl methyl sites for hydroxylation is 2. The molecule has 2 rings (SSSR count). The number of nitrogens with zero attached hydrogens (tertiary/aromatic N) is 2. The van der Waals surface area contributed by atoms with Gasteiger partial charge in [0.1, 0.15) is 5.82 Å². The number of aromatic nitrogens is 2. The van der Waals surface area contributed by atoms with Crippen LogP contribution in [0, 0.1) is 12.8 Å². The number of piperidine rings is 1. The topological polar surface area (TPSA) is 76.0 Å². The van der Waals surface area contributed by atoms with Gasteiger partial charge in [-0.1, -0.05) is 0 Å². The van der Waals surface area contributed by atoms with Gasteiger partial charge in [0.2, 0.25) is 0 Å². The fourth-order valence-corrected chi connectivity index (χ4v) is 3.38. The summed E-state index contributed by atoms with van der Waals surface area (Å²) in [7, 11) is -1.68. The predicted molar refractivity (Wildman–Crippen MR) is 73.3 cm³/mol. The van der Waals surface area contributed by atoms with E-state index in [0.717, 1.165) is 19.5 Å². The van der Waals surface area contributed by atoms with Gasteiger partial charge in [-0.3, -0.25) is 0 Å². The third-order valence-corrected chi connectivity index (χ3v) is 4.94. The van der Waals surface area contributed by atoms with E-state index in [1.54, 1.807) is 24.7 Å². The molecule has 1 aliphatic rings. The van der Waals surface area contributed by atoms with Crippen LogP contribution in [0.2, 0.25) is 0 Å². The summed E-state index contributed by atoms with van der Waals surface area (Å²) < 4.78 is 28.4. The van der Waals surface area contributed by atoms with E-state index in [9.17, 15) is 8.42 Å². The molecule has 6 nitrogen and oxygen atoms in total. The zero-order chi connectivity index (χ0) is 13.9. The van der Waals surface area contributed by atoms with Crippen molar-refractivity contribution in [2.75, 3.05) is 19.6 Å². The maximum atomic E-state index is 12.0. The van der Waals surface area contributed by atoms with E-state index in [1.807, 2.05) is 0 Å². The summed E-state index contributed by atoms with van der Waals surface area (Å²) in [5.41, 5.74) is 0. The first kappa shape index (κ1) is 14.5. The van der Waals surface area contributed by atoms with Gasteiger partial charge < -0.3 is 9.88 Å². The number of rotatable bonds is 5. The highest BCUT2D eigenvalue weighted by molar-refractivity contribution is 7.89. The van der Waals surface area contributed by atoms with E-state index in [1.165, 1.54) is 12.8 Å². The van der Waals surface area contributed by atoms with E-state index in [4.69, 9.17) is 0 Å². The van der Waals surface area contributed by atoms with Crippen LogP contribution in [0.15, 0.2) is 11.2 Å². The van der Waals surface area contributed by atoms with Crippen LogP contribution in [0.4, 0.5) is 0 Å². The Morgan fingerprint density at radius 2 is 2.37 bits per heavy atom. The molecule has 1 unspecified atom stereocenters. The van der Waals surface area contributed by atoms with Crippen molar-refractivity contribution in [2.24, 2.45) is 13.0 Å². The zero-order valence-corrected chi connectivity index (χ0v) is 12.3.